The van der Waals surface area contributed by atoms with Gasteiger partial charge in [0.1, 0.15) is 5.82 Å². The molecule has 2 unspecified atom stereocenters. The average Bonchev–Trinajstić information content (AvgIpc) is 2.78. The number of carbonyl (C=O) groups is 1. The third-order valence-corrected chi connectivity index (χ3v) is 6.60. The molecule has 0 fully saturated rings. The van der Waals surface area contributed by atoms with Gasteiger partial charge in [-0.15, -0.1) is 0 Å². The molecule has 0 saturated carbocycles. The van der Waals surface area contributed by atoms with Crippen LogP contribution in [0.2, 0.25) is 0 Å². The summed E-state index contributed by atoms with van der Waals surface area (Å²) >= 11 is 0. The number of ketones is 1. The van der Waals surface area contributed by atoms with Crippen LogP contribution < -0.4 is 0 Å². The summed E-state index contributed by atoms with van der Waals surface area (Å²) in [5, 5.41) is 0. The molecular formula is C29H35FO. The lowest BCUT2D eigenvalue weighted by atomic mass is 9.81. The minimum Gasteiger partial charge on any atom is -0.294 e. The van der Waals surface area contributed by atoms with Gasteiger partial charge in [0, 0.05) is 11.5 Å². The quantitative estimate of drug-likeness (QED) is 0.357. The van der Waals surface area contributed by atoms with Crippen molar-refractivity contribution in [3.8, 4) is 0 Å². The van der Waals surface area contributed by atoms with E-state index in [4.69, 9.17) is 0 Å². The van der Waals surface area contributed by atoms with Crippen molar-refractivity contribution in [2.75, 3.05) is 0 Å². The van der Waals surface area contributed by atoms with Crippen LogP contribution >= 0.6 is 0 Å². The maximum absolute atomic E-state index is 13.2. The molecule has 31 heavy (non-hydrogen) atoms. The molecule has 0 aromatic heterocycles. The molecule has 0 spiro atoms. The number of hydrogen-bond donors (Lipinski definition) is 0. The van der Waals surface area contributed by atoms with E-state index in [0.29, 0.717) is 11.5 Å². The van der Waals surface area contributed by atoms with Crippen LogP contribution in [0.3, 0.4) is 0 Å². The molecule has 2 heteroatoms. The lowest BCUT2D eigenvalue weighted by Gasteiger charge is -2.22. The highest BCUT2D eigenvalue weighted by Crippen LogP contribution is 2.29. The lowest BCUT2D eigenvalue weighted by molar-refractivity contribution is 0.0865. The van der Waals surface area contributed by atoms with E-state index in [9.17, 15) is 9.18 Å². The average molecular weight is 419 g/mol. The number of benzene rings is 2. The summed E-state index contributed by atoms with van der Waals surface area (Å²) in [5.74, 6) is 0.194. The van der Waals surface area contributed by atoms with E-state index >= 15 is 0 Å². The van der Waals surface area contributed by atoms with Gasteiger partial charge in [0.15, 0.2) is 5.78 Å². The van der Waals surface area contributed by atoms with Crippen molar-refractivity contribution in [1.29, 1.82) is 0 Å². The first-order chi connectivity index (χ1) is 15.0. The normalized spacial score (nSPS) is 15.7. The summed E-state index contributed by atoms with van der Waals surface area (Å²) in [4.78, 5) is 13.1. The Hall–Kier alpha value is -2.48. The zero-order valence-electron chi connectivity index (χ0n) is 19.2. The van der Waals surface area contributed by atoms with Gasteiger partial charge in [-0.2, -0.15) is 0 Å². The smallest absolute Gasteiger partial charge is 0.166 e. The number of carbonyl (C=O) groups excluding carboxylic acids is 1. The standard InChI is InChI=1S/C29H35FO/c1-4-22(3)28(29(31)26-15-17-27(30)18-16-26)10-6-8-23-7-5-9-25(19-23)20-24-13-11-21(2)12-14-24/h9,11-19,22,28H,4-8,10,20H2,1-3H3. The van der Waals surface area contributed by atoms with Gasteiger partial charge in [-0.05, 0) is 86.8 Å². The Balaban J connectivity index is 1.58. The van der Waals surface area contributed by atoms with Gasteiger partial charge in [0.05, 0.1) is 0 Å². The second kappa shape index (κ2) is 11.2. The Kier molecular flexibility index (Phi) is 8.40. The van der Waals surface area contributed by atoms with Gasteiger partial charge in [0.2, 0.25) is 0 Å². The second-order valence-corrected chi connectivity index (χ2v) is 9.04. The predicted octanol–water partition coefficient (Wildman–Crippen LogP) is 8.04. The third-order valence-electron chi connectivity index (χ3n) is 6.60. The highest BCUT2D eigenvalue weighted by atomic mass is 19.1. The molecule has 1 aliphatic rings. The molecule has 2 atom stereocenters. The molecule has 0 amide bonds. The van der Waals surface area contributed by atoms with Crippen molar-refractivity contribution in [3.05, 3.63) is 94.3 Å². The fraction of sp³-hybridized carbons (Fsp3) is 0.414. The zero-order valence-corrected chi connectivity index (χ0v) is 19.2. The minimum atomic E-state index is -0.296. The first-order valence-electron chi connectivity index (χ1n) is 11.7. The van der Waals surface area contributed by atoms with E-state index in [1.54, 1.807) is 12.1 Å². The summed E-state index contributed by atoms with van der Waals surface area (Å²) in [7, 11) is 0. The molecule has 2 aromatic rings. The van der Waals surface area contributed by atoms with E-state index < -0.39 is 0 Å². The first-order valence-corrected chi connectivity index (χ1v) is 11.7. The molecule has 0 saturated heterocycles. The van der Waals surface area contributed by atoms with Gasteiger partial charge in [0.25, 0.3) is 0 Å². The van der Waals surface area contributed by atoms with Gasteiger partial charge >= 0.3 is 0 Å². The van der Waals surface area contributed by atoms with Crippen molar-refractivity contribution in [3.63, 3.8) is 0 Å². The molecule has 2 aromatic carbocycles. The summed E-state index contributed by atoms with van der Waals surface area (Å²) in [6.45, 7) is 6.42. The number of hydrogen-bond acceptors (Lipinski definition) is 1. The summed E-state index contributed by atoms with van der Waals surface area (Å²) in [6, 6.07) is 14.8. The third kappa shape index (κ3) is 6.75. The largest absolute Gasteiger partial charge is 0.294 e. The van der Waals surface area contributed by atoms with Crippen LogP contribution in [0.25, 0.3) is 0 Å². The first kappa shape index (κ1) is 23.2. The van der Waals surface area contributed by atoms with Crippen LogP contribution in [0.4, 0.5) is 4.39 Å². The highest BCUT2D eigenvalue weighted by Gasteiger charge is 2.25. The number of Topliss-reactive ketones (excluding diaryl/α,β-unsaturated/α-hetero) is 1. The van der Waals surface area contributed by atoms with Crippen LogP contribution in [0, 0.1) is 24.6 Å². The van der Waals surface area contributed by atoms with Crippen molar-refractivity contribution >= 4 is 5.78 Å². The van der Waals surface area contributed by atoms with E-state index in [0.717, 1.165) is 44.9 Å². The van der Waals surface area contributed by atoms with Crippen molar-refractivity contribution < 1.29 is 9.18 Å². The Labute approximate surface area is 187 Å². The van der Waals surface area contributed by atoms with Crippen LogP contribution in [0.1, 0.15) is 73.9 Å². The molecule has 3 rings (SSSR count). The number of allylic oxidation sites excluding steroid dienone is 4. The van der Waals surface area contributed by atoms with Crippen LogP contribution in [0.15, 0.2) is 71.8 Å². The number of rotatable bonds is 10. The summed E-state index contributed by atoms with van der Waals surface area (Å²) in [6.07, 6.45) is 11.9. The minimum absolute atomic E-state index is 0.00206. The zero-order chi connectivity index (χ0) is 22.2. The SMILES string of the molecule is CCC(C)C(CCCC1=CC(Cc2ccc(C)cc2)=CCC1)C(=O)c1ccc(F)cc1. The molecular weight excluding hydrogens is 383 g/mol. The molecule has 1 nitrogen and oxygen atoms in total. The topological polar surface area (TPSA) is 17.1 Å². The van der Waals surface area contributed by atoms with Gasteiger partial charge < -0.3 is 0 Å². The fourth-order valence-corrected chi connectivity index (χ4v) is 4.43. The predicted molar refractivity (Wildman–Crippen MR) is 128 cm³/mol. The Bertz CT molecular complexity index is 918. The van der Waals surface area contributed by atoms with Crippen molar-refractivity contribution in [1.82, 2.24) is 0 Å². The van der Waals surface area contributed by atoms with Crippen LogP contribution in [0.5, 0.6) is 0 Å². The Morgan fingerprint density at radius 1 is 1.06 bits per heavy atom. The van der Waals surface area contributed by atoms with E-state index in [1.807, 2.05) is 0 Å². The van der Waals surface area contributed by atoms with Gasteiger partial charge in [-0.3, -0.25) is 4.79 Å². The van der Waals surface area contributed by atoms with E-state index in [2.05, 4.69) is 57.2 Å². The monoisotopic (exact) mass is 418 g/mol. The fourth-order valence-electron chi connectivity index (χ4n) is 4.43. The van der Waals surface area contributed by atoms with Gasteiger partial charge in [-0.1, -0.05) is 67.8 Å². The van der Waals surface area contributed by atoms with Gasteiger partial charge in [-0.25, -0.2) is 4.39 Å². The number of aryl methyl sites for hydroxylation is 1. The molecule has 0 bridgehead atoms. The molecule has 0 radical (unpaired) electrons. The molecule has 0 heterocycles. The highest BCUT2D eigenvalue weighted by molar-refractivity contribution is 5.98. The Morgan fingerprint density at radius 2 is 1.77 bits per heavy atom. The van der Waals surface area contributed by atoms with E-state index in [1.165, 1.54) is 34.4 Å². The summed E-state index contributed by atoms with van der Waals surface area (Å²) in [5.41, 5.74) is 6.19. The van der Waals surface area contributed by atoms with Crippen LogP contribution in [-0.2, 0) is 6.42 Å². The van der Waals surface area contributed by atoms with Crippen molar-refractivity contribution in [2.24, 2.45) is 11.8 Å². The lowest BCUT2D eigenvalue weighted by Crippen LogP contribution is -2.22. The molecule has 0 N–H and O–H groups in total. The van der Waals surface area contributed by atoms with E-state index in [-0.39, 0.29) is 17.5 Å². The number of halogens is 1. The second-order valence-electron chi connectivity index (χ2n) is 9.04. The molecule has 164 valence electrons. The Morgan fingerprint density at radius 3 is 2.45 bits per heavy atom. The maximum atomic E-state index is 13.2. The summed E-state index contributed by atoms with van der Waals surface area (Å²) < 4.78 is 13.2. The molecule has 0 aliphatic heterocycles. The maximum Gasteiger partial charge on any atom is 0.166 e. The molecule has 1 aliphatic carbocycles. The van der Waals surface area contributed by atoms with Crippen molar-refractivity contribution in [2.45, 2.75) is 65.7 Å². The van der Waals surface area contributed by atoms with Crippen LogP contribution in [-0.4, -0.2) is 5.78 Å².